The SMILES string of the molecule is CCN(C)SNc1ccc(F)c(Oc2ccc3ncn(C4COC5(CCN(CC6(O)CCNCC6)CC5)C4)c(=O)c3c2)c1C#N. The van der Waals surface area contributed by atoms with Gasteiger partial charge in [-0.05, 0) is 82.6 Å². The Morgan fingerprint density at radius 3 is 2.78 bits per heavy atom. The molecule has 0 saturated carbocycles. The first kappa shape index (κ1) is 31.7. The van der Waals surface area contributed by atoms with Crippen molar-refractivity contribution in [1.29, 1.82) is 5.26 Å². The zero-order chi connectivity index (χ0) is 31.6. The van der Waals surface area contributed by atoms with Gasteiger partial charge in [-0.3, -0.25) is 9.36 Å². The molecule has 11 nitrogen and oxygen atoms in total. The summed E-state index contributed by atoms with van der Waals surface area (Å²) in [5, 5.41) is 24.5. The fourth-order valence-corrected chi connectivity index (χ4v) is 7.09. The Morgan fingerprint density at radius 1 is 1.27 bits per heavy atom. The molecule has 3 aromatic rings. The highest BCUT2D eigenvalue weighted by atomic mass is 32.2. The molecule has 6 rings (SSSR count). The molecular weight excluding hydrogens is 597 g/mol. The molecule has 3 N–H and O–H groups in total. The highest BCUT2D eigenvalue weighted by Gasteiger charge is 2.44. The van der Waals surface area contributed by atoms with Crippen molar-refractivity contribution in [2.45, 2.75) is 56.3 Å². The Hall–Kier alpha value is -3.25. The predicted octanol–water partition coefficient (Wildman–Crippen LogP) is 4.04. The number of aromatic nitrogens is 2. The predicted molar refractivity (Wildman–Crippen MR) is 172 cm³/mol. The topological polar surface area (TPSA) is 128 Å². The largest absolute Gasteiger partial charge is 0.453 e. The molecule has 1 unspecified atom stereocenters. The number of anilines is 1. The third-order valence-electron chi connectivity index (χ3n) is 9.35. The number of nitrogens with zero attached hydrogens (tertiary/aromatic N) is 5. The van der Waals surface area contributed by atoms with Crippen molar-refractivity contribution < 1.29 is 19.0 Å². The maximum atomic E-state index is 14.9. The van der Waals surface area contributed by atoms with E-state index in [0.717, 1.165) is 58.4 Å². The van der Waals surface area contributed by atoms with Crippen LogP contribution in [-0.4, -0.2) is 88.0 Å². The van der Waals surface area contributed by atoms with Crippen LogP contribution in [0.2, 0.25) is 0 Å². The first-order valence-corrected chi connectivity index (χ1v) is 16.3. The Kier molecular flexibility index (Phi) is 9.33. The Balaban J connectivity index is 1.17. The van der Waals surface area contributed by atoms with Gasteiger partial charge in [0.05, 0.1) is 46.8 Å². The van der Waals surface area contributed by atoms with E-state index in [2.05, 4.69) is 19.9 Å². The van der Waals surface area contributed by atoms with E-state index in [1.807, 2.05) is 24.3 Å². The number of nitriles is 1. The molecule has 45 heavy (non-hydrogen) atoms. The second-order valence-electron chi connectivity index (χ2n) is 12.4. The van der Waals surface area contributed by atoms with Gasteiger partial charge in [-0.2, -0.15) is 5.26 Å². The maximum absolute atomic E-state index is 14.9. The van der Waals surface area contributed by atoms with Crippen LogP contribution < -0.4 is 20.3 Å². The van der Waals surface area contributed by atoms with Crippen molar-refractivity contribution >= 4 is 28.7 Å². The number of halogens is 1. The number of β-amino-alcohol motifs (C(OH)–C–C–N with tert-alkyl or cyclic N) is 1. The van der Waals surface area contributed by atoms with Gasteiger partial charge in [0.2, 0.25) is 0 Å². The lowest BCUT2D eigenvalue weighted by Crippen LogP contribution is -2.53. The van der Waals surface area contributed by atoms with Crippen LogP contribution in [-0.2, 0) is 4.74 Å². The molecule has 3 fully saturated rings. The minimum atomic E-state index is -0.681. The van der Waals surface area contributed by atoms with Crippen molar-refractivity contribution in [3.63, 3.8) is 0 Å². The van der Waals surface area contributed by atoms with Crippen LogP contribution in [0.1, 0.15) is 50.6 Å². The van der Waals surface area contributed by atoms with Crippen LogP contribution in [0.4, 0.5) is 10.1 Å². The van der Waals surface area contributed by atoms with Crippen LogP contribution in [0.25, 0.3) is 10.9 Å². The lowest BCUT2D eigenvalue weighted by molar-refractivity contribution is -0.0702. The van der Waals surface area contributed by atoms with Crippen LogP contribution in [0.3, 0.4) is 0 Å². The fourth-order valence-electron chi connectivity index (χ4n) is 6.53. The zero-order valence-corrected chi connectivity index (χ0v) is 26.5. The van der Waals surface area contributed by atoms with E-state index >= 15 is 0 Å². The highest BCUT2D eigenvalue weighted by Crippen LogP contribution is 2.41. The van der Waals surface area contributed by atoms with E-state index in [9.17, 15) is 19.6 Å². The summed E-state index contributed by atoms with van der Waals surface area (Å²) in [5.74, 6) is -0.665. The second-order valence-corrected chi connectivity index (χ2v) is 13.4. The van der Waals surface area contributed by atoms with Gasteiger partial charge in [-0.1, -0.05) is 6.92 Å². The monoisotopic (exact) mass is 637 g/mol. The van der Waals surface area contributed by atoms with Gasteiger partial charge in [-0.25, -0.2) is 13.7 Å². The first-order chi connectivity index (χ1) is 21.7. The standard InChI is InChI=1S/C32H40FN7O4S/c1-3-38(2)45-37-28-7-5-26(33)29(25(28)18-34)44-23-4-6-27-24(16-23)30(41)40(21-36-27)22-17-32(43-19-22)10-14-39(15-11-32)20-31(42)8-12-35-13-9-31/h4-7,16,21-22,35,37,42H,3,8-15,17,19-20H2,1-2H3. The minimum Gasteiger partial charge on any atom is -0.453 e. The second kappa shape index (κ2) is 13.2. The summed E-state index contributed by atoms with van der Waals surface area (Å²) in [6, 6.07) is 9.45. The molecule has 0 amide bonds. The van der Waals surface area contributed by atoms with Gasteiger partial charge in [0.15, 0.2) is 11.6 Å². The van der Waals surface area contributed by atoms with Crippen molar-refractivity contribution in [3.05, 3.63) is 58.4 Å². The van der Waals surface area contributed by atoms with Gasteiger partial charge in [0, 0.05) is 38.3 Å². The van der Waals surface area contributed by atoms with Gasteiger partial charge >= 0.3 is 0 Å². The van der Waals surface area contributed by atoms with Gasteiger partial charge in [0.1, 0.15) is 17.4 Å². The normalized spacial score (nSPS) is 21.3. The van der Waals surface area contributed by atoms with E-state index in [4.69, 9.17) is 9.47 Å². The number of fused-ring (bicyclic) bond motifs is 1. The molecule has 3 aliphatic heterocycles. The van der Waals surface area contributed by atoms with Crippen LogP contribution in [0, 0.1) is 17.1 Å². The fraction of sp³-hybridized carbons (Fsp3) is 0.531. The number of piperidine rings is 2. The first-order valence-electron chi connectivity index (χ1n) is 15.6. The van der Waals surface area contributed by atoms with Crippen molar-refractivity contribution in [1.82, 2.24) is 24.1 Å². The minimum absolute atomic E-state index is 0.0278. The Morgan fingerprint density at radius 2 is 2.04 bits per heavy atom. The molecule has 1 aromatic heterocycles. The molecule has 4 heterocycles. The van der Waals surface area contributed by atoms with E-state index in [-0.39, 0.29) is 34.3 Å². The number of hydrogen-bond donors (Lipinski definition) is 3. The van der Waals surface area contributed by atoms with Gasteiger partial charge in [0.25, 0.3) is 5.56 Å². The van der Waals surface area contributed by atoms with E-state index in [0.29, 0.717) is 36.2 Å². The summed E-state index contributed by atoms with van der Waals surface area (Å²) in [7, 11) is 1.89. The molecule has 0 bridgehead atoms. The van der Waals surface area contributed by atoms with Crippen LogP contribution in [0.15, 0.2) is 41.5 Å². The third kappa shape index (κ3) is 6.82. The van der Waals surface area contributed by atoms with Crippen molar-refractivity contribution in [2.75, 3.05) is 57.6 Å². The Bertz CT molecular complexity index is 1630. The van der Waals surface area contributed by atoms with E-state index < -0.39 is 11.4 Å². The Labute approximate surface area is 266 Å². The summed E-state index contributed by atoms with van der Waals surface area (Å²) >= 11 is 1.29. The summed E-state index contributed by atoms with van der Waals surface area (Å²) < 4.78 is 33.9. The molecule has 13 heteroatoms. The molecule has 2 aromatic carbocycles. The molecular formula is C32H40FN7O4S. The molecule has 0 radical (unpaired) electrons. The number of likely N-dealkylation sites (tertiary alicyclic amines) is 1. The average Bonchev–Trinajstić information content (AvgIpc) is 3.46. The molecule has 3 saturated heterocycles. The summed E-state index contributed by atoms with van der Waals surface area (Å²) in [5.41, 5.74) is -0.208. The number of ether oxygens (including phenoxy) is 2. The van der Waals surface area contributed by atoms with Crippen molar-refractivity contribution in [3.8, 4) is 17.6 Å². The van der Waals surface area contributed by atoms with E-state index in [1.54, 1.807) is 29.1 Å². The summed E-state index contributed by atoms with van der Waals surface area (Å²) in [6.07, 6.45) is 5.52. The third-order valence-corrected chi connectivity index (χ3v) is 10.2. The number of aliphatic hydroxyl groups is 1. The molecule has 1 spiro atoms. The molecule has 3 aliphatic rings. The lowest BCUT2D eigenvalue weighted by Gasteiger charge is -2.43. The van der Waals surface area contributed by atoms with Gasteiger partial charge < -0.3 is 29.5 Å². The van der Waals surface area contributed by atoms with E-state index in [1.165, 1.54) is 24.3 Å². The van der Waals surface area contributed by atoms with Crippen LogP contribution >= 0.6 is 12.1 Å². The molecule has 1 atom stereocenters. The zero-order valence-electron chi connectivity index (χ0n) is 25.7. The lowest BCUT2D eigenvalue weighted by atomic mass is 9.85. The summed E-state index contributed by atoms with van der Waals surface area (Å²) in [6.45, 7) is 7.25. The number of hydrogen-bond acceptors (Lipinski definition) is 11. The number of benzene rings is 2. The smallest absolute Gasteiger partial charge is 0.261 e. The van der Waals surface area contributed by atoms with Crippen molar-refractivity contribution in [2.24, 2.45) is 0 Å². The van der Waals surface area contributed by atoms with Crippen LogP contribution in [0.5, 0.6) is 11.5 Å². The quantitative estimate of drug-likeness (QED) is 0.294. The number of nitrogens with one attached hydrogen (secondary N) is 2. The highest BCUT2D eigenvalue weighted by molar-refractivity contribution is 7.98. The number of rotatable bonds is 9. The average molecular weight is 638 g/mol. The van der Waals surface area contributed by atoms with Gasteiger partial charge in [-0.15, -0.1) is 0 Å². The summed E-state index contributed by atoms with van der Waals surface area (Å²) in [4.78, 5) is 20.6. The maximum Gasteiger partial charge on any atom is 0.261 e. The molecule has 240 valence electrons. The molecule has 0 aliphatic carbocycles.